The summed E-state index contributed by atoms with van der Waals surface area (Å²) in [6.07, 6.45) is 3.21. The van der Waals surface area contributed by atoms with Crippen molar-refractivity contribution >= 4 is 41.4 Å². The summed E-state index contributed by atoms with van der Waals surface area (Å²) < 4.78 is 0. The van der Waals surface area contributed by atoms with E-state index >= 15 is 0 Å². The third kappa shape index (κ3) is 16.9. The van der Waals surface area contributed by atoms with Gasteiger partial charge in [0.15, 0.2) is 0 Å². The Morgan fingerprint density at radius 3 is 1.94 bits per heavy atom. The Kier molecular flexibility index (Phi) is 18.0. The molecule has 0 saturated heterocycles. The molecule has 0 aromatic rings. The van der Waals surface area contributed by atoms with Gasteiger partial charge in [-0.3, -0.25) is 19.2 Å². The van der Waals surface area contributed by atoms with Crippen LogP contribution in [0.4, 0.5) is 0 Å². The lowest BCUT2D eigenvalue weighted by Gasteiger charge is -2.23. The minimum absolute atomic E-state index is 0.0215. The zero-order chi connectivity index (χ0) is 26.1. The number of aliphatic carboxylic acids is 2. The zero-order valence-corrected chi connectivity index (χ0v) is 21.2. The first-order valence-corrected chi connectivity index (χ1v) is 12.2. The highest BCUT2D eigenvalue weighted by Crippen LogP contribution is 2.08. The first-order chi connectivity index (χ1) is 15.3. The summed E-state index contributed by atoms with van der Waals surface area (Å²) in [6.45, 7) is 8.33. The quantitative estimate of drug-likeness (QED) is 0.200. The van der Waals surface area contributed by atoms with Crippen LogP contribution in [-0.2, 0) is 24.0 Å². The largest absolute Gasteiger partial charge is 0.481 e. The summed E-state index contributed by atoms with van der Waals surface area (Å²) >= 11 is 1.48. The van der Waals surface area contributed by atoms with E-state index in [0.717, 1.165) is 13.3 Å². The van der Waals surface area contributed by atoms with Crippen molar-refractivity contribution in [3.63, 3.8) is 0 Å². The predicted molar refractivity (Wildman–Crippen MR) is 128 cm³/mol. The Labute approximate surface area is 200 Å². The summed E-state index contributed by atoms with van der Waals surface area (Å²) in [5, 5.41) is 24.3. The fraction of sp³-hybridized carbons (Fsp3) is 0.762. The van der Waals surface area contributed by atoms with Crippen LogP contribution in [0.3, 0.4) is 0 Å². The van der Waals surface area contributed by atoms with Crippen molar-refractivity contribution in [2.24, 2.45) is 17.6 Å². The first-order valence-electron chi connectivity index (χ1n) is 10.8. The van der Waals surface area contributed by atoms with Crippen LogP contribution in [0.2, 0.25) is 0 Å². The van der Waals surface area contributed by atoms with Crippen molar-refractivity contribution in [1.29, 1.82) is 0 Å². The number of carbonyl (C=O) groups is 5. The maximum atomic E-state index is 12.6. The fourth-order valence-electron chi connectivity index (χ4n) is 2.51. The minimum atomic E-state index is -1.12. The number of hydrogen-bond donors (Lipinski definition) is 6. The van der Waals surface area contributed by atoms with E-state index in [0.29, 0.717) is 12.2 Å². The zero-order valence-electron chi connectivity index (χ0n) is 20.3. The standard InChI is InChI=1S/C19H36N4O5S.C2H4O2/c1-6-12(4)16(20)18(26)21-10-15(24)22-14(9-11(2)3)17(25)23-13(19(27)28)7-8-29-5;1-2(3)4/h11-14,16H,6-10,20H2,1-5H3,(H,21,26)(H,22,24)(H,23,25)(H,27,28);1H3,(H,3,4)/t12-,13-,14-,16+;/m0./s1. The van der Waals surface area contributed by atoms with Gasteiger partial charge in [0.1, 0.15) is 12.1 Å². The van der Waals surface area contributed by atoms with Gasteiger partial charge in [-0.25, -0.2) is 4.79 Å². The van der Waals surface area contributed by atoms with Gasteiger partial charge in [-0.15, -0.1) is 0 Å². The van der Waals surface area contributed by atoms with Gasteiger partial charge < -0.3 is 31.9 Å². The van der Waals surface area contributed by atoms with Crippen LogP contribution >= 0.6 is 11.8 Å². The van der Waals surface area contributed by atoms with Gasteiger partial charge in [-0.05, 0) is 36.7 Å². The second kappa shape index (κ2) is 18.1. The monoisotopic (exact) mass is 492 g/mol. The number of nitrogens with one attached hydrogen (secondary N) is 3. The molecule has 0 unspecified atom stereocenters. The number of amides is 3. The lowest BCUT2D eigenvalue weighted by molar-refractivity contribution is -0.142. The lowest BCUT2D eigenvalue weighted by atomic mass is 9.99. The van der Waals surface area contributed by atoms with Crippen LogP contribution in [0.25, 0.3) is 0 Å². The van der Waals surface area contributed by atoms with Gasteiger partial charge in [0, 0.05) is 6.92 Å². The second-order valence-corrected chi connectivity index (χ2v) is 9.06. The average molecular weight is 493 g/mol. The lowest BCUT2D eigenvalue weighted by Crippen LogP contribution is -2.54. The topological polar surface area (TPSA) is 188 Å². The molecule has 0 aliphatic heterocycles. The highest BCUT2D eigenvalue weighted by Gasteiger charge is 2.27. The number of carboxylic acid groups (broad SMARTS) is 2. The van der Waals surface area contributed by atoms with Crippen molar-refractivity contribution in [2.75, 3.05) is 18.6 Å². The van der Waals surface area contributed by atoms with Crippen LogP contribution in [0.1, 0.15) is 53.9 Å². The van der Waals surface area contributed by atoms with Crippen LogP contribution in [0, 0.1) is 11.8 Å². The third-order valence-corrected chi connectivity index (χ3v) is 5.21. The van der Waals surface area contributed by atoms with Crippen LogP contribution in [0.5, 0.6) is 0 Å². The van der Waals surface area contributed by atoms with E-state index in [9.17, 15) is 24.3 Å². The molecule has 3 amide bonds. The second-order valence-electron chi connectivity index (χ2n) is 8.08. The van der Waals surface area contributed by atoms with E-state index < -0.39 is 47.8 Å². The molecule has 7 N–H and O–H groups in total. The molecule has 0 heterocycles. The van der Waals surface area contributed by atoms with Gasteiger partial charge in [-0.2, -0.15) is 11.8 Å². The number of hydrogen-bond acceptors (Lipinski definition) is 7. The summed E-state index contributed by atoms with van der Waals surface area (Å²) in [6, 6.07) is -2.62. The third-order valence-electron chi connectivity index (χ3n) is 4.57. The molecule has 4 atom stereocenters. The molecule has 0 spiro atoms. The SMILES string of the molecule is CC(=O)O.CC[C@H](C)[C@@H](N)C(=O)NCC(=O)N[C@@H](CC(C)C)C(=O)N[C@@H](CCSC)C(=O)O. The normalized spacial score (nSPS) is 14.1. The molecule has 0 saturated carbocycles. The molecule has 0 aliphatic carbocycles. The van der Waals surface area contributed by atoms with Crippen molar-refractivity contribution in [3.05, 3.63) is 0 Å². The van der Waals surface area contributed by atoms with Gasteiger partial charge in [0.25, 0.3) is 5.97 Å². The average Bonchev–Trinajstić information content (AvgIpc) is 2.72. The molecule has 0 radical (unpaired) electrons. The Bertz CT molecular complexity index is 642. The molecule has 11 nitrogen and oxygen atoms in total. The number of carbonyl (C=O) groups excluding carboxylic acids is 3. The number of rotatable bonds is 14. The number of thioether (sulfide) groups is 1. The maximum Gasteiger partial charge on any atom is 0.326 e. The predicted octanol–water partition coefficient (Wildman–Crippen LogP) is 0.420. The fourth-order valence-corrected chi connectivity index (χ4v) is 2.98. The number of carboxylic acids is 2. The van der Waals surface area contributed by atoms with Crippen LogP contribution < -0.4 is 21.7 Å². The van der Waals surface area contributed by atoms with Crippen molar-refractivity contribution in [1.82, 2.24) is 16.0 Å². The molecule has 0 rings (SSSR count). The van der Waals surface area contributed by atoms with Gasteiger partial charge >= 0.3 is 5.97 Å². The Balaban J connectivity index is 0. The van der Waals surface area contributed by atoms with Crippen LogP contribution in [-0.4, -0.2) is 76.6 Å². The van der Waals surface area contributed by atoms with E-state index in [1.165, 1.54) is 11.8 Å². The summed E-state index contributed by atoms with van der Waals surface area (Å²) in [7, 11) is 0. The van der Waals surface area contributed by atoms with E-state index in [-0.39, 0.29) is 24.8 Å². The number of nitrogens with two attached hydrogens (primary N) is 1. The highest BCUT2D eigenvalue weighted by molar-refractivity contribution is 7.98. The van der Waals surface area contributed by atoms with Gasteiger partial charge in [-0.1, -0.05) is 34.1 Å². The van der Waals surface area contributed by atoms with E-state index in [2.05, 4.69) is 16.0 Å². The maximum absolute atomic E-state index is 12.6. The van der Waals surface area contributed by atoms with Crippen molar-refractivity contribution in [3.8, 4) is 0 Å². The van der Waals surface area contributed by atoms with E-state index in [1.807, 2.05) is 34.0 Å². The van der Waals surface area contributed by atoms with Crippen LogP contribution in [0.15, 0.2) is 0 Å². The molecule has 0 fully saturated rings. The first kappa shape index (κ1) is 32.8. The molecular formula is C21H40N4O7S. The molecular weight excluding hydrogens is 452 g/mol. The Morgan fingerprint density at radius 1 is 0.970 bits per heavy atom. The molecule has 0 bridgehead atoms. The molecule has 0 aromatic heterocycles. The van der Waals surface area contributed by atoms with Crippen molar-refractivity contribution < 1.29 is 34.2 Å². The summed E-state index contributed by atoms with van der Waals surface area (Å²) in [5.74, 6) is -2.81. The van der Waals surface area contributed by atoms with Gasteiger partial charge in [0.05, 0.1) is 12.6 Å². The molecule has 192 valence electrons. The molecule has 12 heteroatoms. The highest BCUT2D eigenvalue weighted by atomic mass is 32.2. The summed E-state index contributed by atoms with van der Waals surface area (Å²) in [5.41, 5.74) is 5.83. The Morgan fingerprint density at radius 2 is 1.52 bits per heavy atom. The minimum Gasteiger partial charge on any atom is -0.481 e. The summed E-state index contributed by atoms with van der Waals surface area (Å²) in [4.78, 5) is 57.2. The van der Waals surface area contributed by atoms with E-state index in [1.54, 1.807) is 0 Å². The van der Waals surface area contributed by atoms with Crippen molar-refractivity contribution in [2.45, 2.75) is 72.0 Å². The molecule has 0 aliphatic rings. The van der Waals surface area contributed by atoms with E-state index in [4.69, 9.17) is 15.6 Å². The Hall–Kier alpha value is -2.34. The molecule has 33 heavy (non-hydrogen) atoms. The smallest absolute Gasteiger partial charge is 0.326 e. The molecule has 0 aromatic carbocycles. The van der Waals surface area contributed by atoms with Gasteiger partial charge in [0.2, 0.25) is 17.7 Å².